The Hall–Kier alpha value is -1.55. The Balaban J connectivity index is 2.44. The van der Waals surface area contributed by atoms with Gasteiger partial charge in [-0.05, 0) is 37.1 Å². The summed E-state index contributed by atoms with van der Waals surface area (Å²) in [6.07, 6.45) is 3.00. The van der Waals surface area contributed by atoms with Crippen molar-refractivity contribution in [3.8, 4) is 5.75 Å². The van der Waals surface area contributed by atoms with Crippen molar-refractivity contribution in [1.29, 1.82) is 0 Å². The maximum Gasteiger partial charge on any atom is 0.251 e. The Kier molecular flexibility index (Phi) is 6.97. The lowest BCUT2D eigenvalue weighted by molar-refractivity contribution is 0.0951. The number of benzene rings is 1. The first kappa shape index (κ1) is 15.5. The van der Waals surface area contributed by atoms with Crippen molar-refractivity contribution >= 4 is 5.91 Å². The van der Waals surface area contributed by atoms with Gasteiger partial charge in [-0.1, -0.05) is 20.3 Å². The van der Waals surface area contributed by atoms with Gasteiger partial charge in [0, 0.05) is 18.2 Å². The molecule has 0 fully saturated rings. The maximum atomic E-state index is 11.8. The van der Waals surface area contributed by atoms with Crippen LogP contribution >= 0.6 is 0 Å². The van der Waals surface area contributed by atoms with Crippen LogP contribution in [0, 0.1) is 0 Å². The fraction of sp³-hybridized carbons (Fsp3) is 0.533. The minimum absolute atomic E-state index is 0.0144. The summed E-state index contributed by atoms with van der Waals surface area (Å²) in [6.45, 7) is 5.34. The first-order valence-corrected chi connectivity index (χ1v) is 6.94. The molecule has 19 heavy (non-hydrogen) atoms. The fourth-order valence-electron chi connectivity index (χ4n) is 1.51. The average molecular weight is 264 g/mol. The summed E-state index contributed by atoms with van der Waals surface area (Å²) in [5.41, 5.74) is 6.39. The van der Waals surface area contributed by atoms with Gasteiger partial charge in [0.15, 0.2) is 0 Å². The van der Waals surface area contributed by atoms with Crippen LogP contribution in [0.25, 0.3) is 0 Å². The van der Waals surface area contributed by atoms with Gasteiger partial charge in [0.1, 0.15) is 5.75 Å². The zero-order valence-electron chi connectivity index (χ0n) is 11.8. The number of ether oxygens (including phenoxy) is 1. The van der Waals surface area contributed by atoms with Gasteiger partial charge < -0.3 is 15.8 Å². The van der Waals surface area contributed by atoms with Crippen LogP contribution in [-0.4, -0.2) is 25.1 Å². The second-order valence-electron chi connectivity index (χ2n) is 4.60. The third kappa shape index (κ3) is 5.75. The molecule has 1 aromatic carbocycles. The predicted molar refractivity (Wildman–Crippen MR) is 77.4 cm³/mol. The summed E-state index contributed by atoms with van der Waals surface area (Å²) in [7, 11) is 0. The quantitative estimate of drug-likeness (QED) is 0.708. The van der Waals surface area contributed by atoms with E-state index in [-0.39, 0.29) is 11.9 Å². The van der Waals surface area contributed by atoms with Gasteiger partial charge in [0.05, 0.1) is 6.61 Å². The Bertz CT molecular complexity index is 376. The SMILES string of the molecule is CCCCOc1ccc(C(=O)NCC(N)CC)cc1. The van der Waals surface area contributed by atoms with Crippen molar-refractivity contribution in [2.24, 2.45) is 5.73 Å². The van der Waals surface area contributed by atoms with E-state index < -0.39 is 0 Å². The Labute approximate surface area is 115 Å². The molecule has 0 spiro atoms. The zero-order valence-corrected chi connectivity index (χ0v) is 11.8. The van der Waals surface area contributed by atoms with Crippen LogP contribution in [0.5, 0.6) is 5.75 Å². The summed E-state index contributed by atoms with van der Waals surface area (Å²) in [5.74, 6) is 0.708. The predicted octanol–water partition coefficient (Wildman–Crippen LogP) is 2.33. The minimum atomic E-state index is -0.0935. The first-order chi connectivity index (χ1) is 9.17. The second kappa shape index (κ2) is 8.53. The van der Waals surface area contributed by atoms with E-state index in [0.717, 1.165) is 25.0 Å². The van der Waals surface area contributed by atoms with Crippen LogP contribution in [0.15, 0.2) is 24.3 Å². The number of nitrogens with one attached hydrogen (secondary N) is 1. The molecule has 0 radical (unpaired) electrons. The molecule has 1 amide bonds. The molecule has 0 aliphatic heterocycles. The third-order valence-corrected chi connectivity index (χ3v) is 2.93. The van der Waals surface area contributed by atoms with Crippen LogP contribution in [0.3, 0.4) is 0 Å². The molecule has 0 saturated heterocycles. The van der Waals surface area contributed by atoms with E-state index in [1.807, 2.05) is 19.1 Å². The summed E-state index contributed by atoms with van der Waals surface area (Å²) in [4.78, 5) is 11.8. The van der Waals surface area contributed by atoms with Gasteiger partial charge in [-0.25, -0.2) is 0 Å². The molecule has 0 bridgehead atoms. The molecular formula is C15H24N2O2. The smallest absolute Gasteiger partial charge is 0.251 e. The minimum Gasteiger partial charge on any atom is -0.494 e. The van der Waals surface area contributed by atoms with Crippen LogP contribution in [-0.2, 0) is 0 Å². The van der Waals surface area contributed by atoms with Crippen molar-refractivity contribution in [2.75, 3.05) is 13.2 Å². The summed E-state index contributed by atoms with van der Waals surface area (Å²) in [5, 5.41) is 2.82. The number of carbonyl (C=O) groups is 1. The largest absolute Gasteiger partial charge is 0.494 e. The highest BCUT2D eigenvalue weighted by Gasteiger charge is 2.07. The summed E-state index contributed by atoms with van der Waals surface area (Å²) >= 11 is 0. The molecule has 0 aliphatic carbocycles. The van der Waals surface area contributed by atoms with Gasteiger partial charge in [-0.15, -0.1) is 0 Å². The van der Waals surface area contributed by atoms with E-state index >= 15 is 0 Å². The molecular weight excluding hydrogens is 240 g/mol. The number of nitrogens with two attached hydrogens (primary N) is 1. The standard InChI is InChI=1S/C15H24N2O2/c1-3-5-10-19-14-8-6-12(7-9-14)15(18)17-11-13(16)4-2/h6-9,13H,3-5,10-11,16H2,1-2H3,(H,17,18). The second-order valence-corrected chi connectivity index (χ2v) is 4.60. The van der Waals surface area contributed by atoms with E-state index in [1.54, 1.807) is 12.1 Å². The van der Waals surface area contributed by atoms with Crippen molar-refractivity contribution in [3.63, 3.8) is 0 Å². The molecule has 4 nitrogen and oxygen atoms in total. The highest BCUT2D eigenvalue weighted by Crippen LogP contribution is 2.12. The van der Waals surface area contributed by atoms with Gasteiger partial charge in [0.2, 0.25) is 0 Å². The lowest BCUT2D eigenvalue weighted by Gasteiger charge is -2.10. The lowest BCUT2D eigenvalue weighted by atomic mass is 10.2. The first-order valence-electron chi connectivity index (χ1n) is 6.94. The molecule has 0 aliphatic rings. The molecule has 3 N–H and O–H groups in total. The van der Waals surface area contributed by atoms with E-state index in [9.17, 15) is 4.79 Å². The normalized spacial score (nSPS) is 11.9. The number of amides is 1. The van der Waals surface area contributed by atoms with E-state index in [0.29, 0.717) is 18.7 Å². The molecule has 1 unspecified atom stereocenters. The molecule has 0 aromatic heterocycles. The Morgan fingerprint density at radius 2 is 2.00 bits per heavy atom. The molecule has 1 rings (SSSR count). The topological polar surface area (TPSA) is 64.3 Å². The number of rotatable bonds is 8. The Morgan fingerprint density at radius 1 is 1.32 bits per heavy atom. The zero-order chi connectivity index (χ0) is 14.1. The monoisotopic (exact) mass is 264 g/mol. The molecule has 0 saturated carbocycles. The van der Waals surface area contributed by atoms with Crippen LogP contribution in [0.2, 0.25) is 0 Å². The van der Waals surface area contributed by atoms with Gasteiger partial charge in [0.25, 0.3) is 5.91 Å². The summed E-state index contributed by atoms with van der Waals surface area (Å²) < 4.78 is 5.55. The van der Waals surface area contributed by atoms with E-state index in [1.165, 1.54) is 0 Å². The van der Waals surface area contributed by atoms with Crippen molar-refractivity contribution < 1.29 is 9.53 Å². The van der Waals surface area contributed by atoms with E-state index in [4.69, 9.17) is 10.5 Å². The van der Waals surface area contributed by atoms with Gasteiger partial charge in [-0.3, -0.25) is 4.79 Å². The number of unbranched alkanes of at least 4 members (excludes halogenated alkanes) is 1. The third-order valence-electron chi connectivity index (χ3n) is 2.93. The fourth-order valence-corrected chi connectivity index (χ4v) is 1.51. The lowest BCUT2D eigenvalue weighted by Crippen LogP contribution is -2.36. The van der Waals surface area contributed by atoms with Crippen molar-refractivity contribution in [1.82, 2.24) is 5.32 Å². The van der Waals surface area contributed by atoms with Crippen LogP contribution < -0.4 is 15.8 Å². The van der Waals surface area contributed by atoms with Crippen molar-refractivity contribution in [2.45, 2.75) is 39.2 Å². The molecule has 106 valence electrons. The molecule has 0 heterocycles. The van der Waals surface area contributed by atoms with E-state index in [2.05, 4.69) is 12.2 Å². The highest BCUT2D eigenvalue weighted by atomic mass is 16.5. The highest BCUT2D eigenvalue weighted by molar-refractivity contribution is 5.94. The van der Waals surface area contributed by atoms with Gasteiger partial charge >= 0.3 is 0 Å². The number of hydrogen-bond acceptors (Lipinski definition) is 3. The maximum absolute atomic E-state index is 11.8. The number of carbonyl (C=O) groups excluding carboxylic acids is 1. The molecule has 1 aromatic rings. The van der Waals surface area contributed by atoms with Crippen LogP contribution in [0.4, 0.5) is 0 Å². The molecule has 1 atom stereocenters. The van der Waals surface area contributed by atoms with Gasteiger partial charge in [-0.2, -0.15) is 0 Å². The number of hydrogen-bond donors (Lipinski definition) is 2. The van der Waals surface area contributed by atoms with Crippen molar-refractivity contribution in [3.05, 3.63) is 29.8 Å². The molecule has 4 heteroatoms. The average Bonchev–Trinajstić information content (AvgIpc) is 2.45. The Morgan fingerprint density at radius 3 is 2.58 bits per heavy atom. The van der Waals surface area contributed by atoms with Crippen LogP contribution in [0.1, 0.15) is 43.5 Å². The summed E-state index contributed by atoms with van der Waals surface area (Å²) in [6, 6.07) is 7.21.